The Morgan fingerprint density at radius 2 is 1.55 bits per heavy atom. The summed E-state index contributed by atoms with van der Waals surface area (Å²) in [5, 5.41) is 15.7. The van der Waals surface area contributed by atoms with Crippen molar-refractivity contribution in [2.45, 2.75) is 33.1 Å². The van der Waals surface area contributed by atoms with Gasteiger partial charge in [0.15, 0.2) is 5.78 Å². The average Bonchev–Trinajstić information content (AvgIpc) is 2.78. The van der Waals surface area contributed by atoms with Crippen LogP contribution in [0.3, 0.4) is 0 Å². The van der Waals surface area contributed by atoms with Crippen LogP contribution in [-0.2, 0) is 11.2 Å². The molecule has 164 valence electrons. The highest BCUT2D eigenvalue weighted by Gasteiger charge is 2.36. The fourth-order valence-electron chi connectivity index (χ4n) is 4.83. The molecule has 0 amide bonds. The predicted molar refractivity (Wildman–Crippen MR) is 136 cm³/mol. The minimum atomic E-state index is -0.198. The van der Waals surface area contributed by atoms with Crippen LogP contribution in [0.4, 0.5) is 5.69 Å². The minimum absolute atomic E-state index is 0.0384. The number of carbonyl (C=O) groups excluding carboxylic acids is 1. The van der Waals surface area contributed by atoms with Gasteiger partial charge in [-0.3, -0.25) is 9.79 Å². The zero-order valence-electron chi connectivity index (χ0n) is 19.0. The Labute approximate surface area is 194 Å². The Balaban J connectivity index is 1.59. The summed E-state index contributed by atoms with van der Waals surface area (Å²) in [6.45, 7) is 4.17. The molecule has 1 saturated carbocycles. The Morgan fingerprint density at radius 1 is 0.848 bits per heavy atom. The second kappa shape index (κ2) is 8.32. The van der Waals surface area contributed by atoms with Crippen molar-refractivity contribution in [3.63, 3.8) is 0 Å². The molecular formula is C30H27NO2. The van der Waals surface area contributed by atoms with Crippen LogP contribution in [0.2, 0.25) is 0 Å². The normalized spacial score (nSPS) is 18.7. The van der Waals surface area contributed by atoms with Gasteiger partial charge in [-0.15, -0.1) is 0 Å². The van der Waals surface area contributed by atoms with Crippen LogP contribution in [0.1, 0.15) is 32.3 Å². The van der Waals surface area contributed by atoms with Crippen molar-refractivity contribution < 1.29 is 9.90 Å². The van der Waals surface area contributed by atoms with Gasteiger partial charge in [0.25, 0.3) is 0 Å². The van der Waals surface area contributed by atoms with Crippen LogP contribution in [0.5, 0.6) is 0 Å². The molecule has 1 N–H and O–H groups in total. The number of allylic oxidation sites excluding steroid dienone is 2. The van der Waals surface area contributed by atoms with Crippen molar-refractivity contribution in [1.29, 1.82) is 0 Å². The van der Waals surface area contributed by atoms with Crippen molar-refractivity contribution in [2.24, 2.45) is 10.4 Å². The molecule has 0 radical (unpaired) electrons. The molecule has 0 unspecified atom stereocenters. The van der Waals surface area contributed by atoms with Crippen molar-refractivity contribution in [3.05, 3.63) is 102 Å². The maximum Gasteiger partial charge on any atom is 0.168 e. The van der Waals surface area contributed by atoms with Crippen molar-refractivity contribution in [2.75, 3.05) is 0 Å². The number of aliphatic hydroxyl groups excluding tert-OH is 1. The predicted octanol–water partition coefficient (Wildman–Crippen LogP) is 7.51. The van der Waals surface area contributed by atoms with Gasteiger partial charge in [-0.2, -0.15) is 0 Å². The maximum absolute atomic E-state index is 13.2. The Hall–Kier alpha value is -3.72. The Kier molecular flexibility index (Phi) is 5.33. The lowest BCUT2D eigenvalue weighted by atomic mass is 9.73. The van der Waals surface area contributed by atoms with E-state index >= 15 is 0 Å². The van der Waals surface area contributed by atoms with Crippen molar-refractivity contribution in [3.8, 4) is 0 Å². The molecule has 0 heterocycles. The van der Waals surface area contributed by atoms with Gasteiger partial charge < -0.3 is 5.11 Å². The van der Waals surface area contributed by atoms with E-state index in [0.29, 0.717) is 30.5 Å². The third-order valence-corrected chi connectivity index (χ3v) is 6.38. The van der Waals surface area contributed by atoms with E-state index in [-0.39, 0.29) is 17.0 Å². The number of nitrogens with zero attached hydrogens (tertiary/aromatic N) is 1. The highest BCUT2D eigenvalue weighted by atomic mass is 16.3. The Bertz CT molecular complexity index is 1440. The number of rotatable bonds is 3. The van der Waals surface area contributed by atoms with Gasteiger partial charge in [-0.25, -0.2) is 0 Å². The quantitative estimate of drug-likeness (QED) is 0.268. The van der Waals surface area contributed by atoms with E-state index in [1.807, 2.05) is 54.6 Å². The summed E-state index contributed by atoms with van der Waals surface area (Å²) in [6, 6.07) is 28.4. The van der Waals surface area contributed by atoms with E-state index in [9.17, 15) is 9.90 Å². The molecule has 1 aliphatic rings. The largest absolute Gasteiger partial charge is 0.511 e. The Morgan fingerprint density at radius 3 is 2.36 bits per heavy atom. The monoisotopic (exact) mass is 433 g/mol. The maximum atomic E-state index is 13.2. The number of benzene rings is 4. The number of aliphatic imine (C=N–C) groups is 1. The second-order valence-corrected chi connectivity index (χ2v) is 9.67. The molecule has 4 aromatic rings. The first-order valence-corrected chi connectivity index (χ1v) is 11.4. The first kappa shape index (κ1) is 21.1. The van der Waals surface area contributed by atoms with Crippen LogP contribution < -0.4 is 0 Å². The molecule has 33 heavy (non-hydrogen) atoms. The fraction of sp³-hybridized carbons (Fsp3) is 0.200. The summed E-state index contributed by atoms with van der Waals surface area (Å²) in [6.07, 6.45) is 1.35. The molecule has 3 heteroatoms. The van der Waals surface area contributed by atoms with Gasteiger partial charge in [0.05, 0.1) is 17.0 Å². The summed E-state index contributed by atoms with van der Waals surface area (Å²) < 4.78 is 0. The lowest BCUT2D eigenvalue weighted by Gasteiger charge is -2.31. The fourth-order valence-corrected chi connectivity index (χ4v) is 4.83. The molecule has 3 nitrogen and oxygen atoms in total. The average molecular weight is 434 g/mol. The van der Waals surface area contributed by atoms with Gasteiger partial charge in [-0.1, -0.05) is 86.6 Å². The van der Waals surface area contributed by atoms with E-state index in [1.165, 1.54) is 0 Å². The minimum Gasteiger partial charge on any atom is -0.511 e. The van der Waals surface area contributed by atoms with Crippen LogP contribution in [-0.4, -0.2) is 16.6 Å². The number of aliphatic hydroxyl groups is 1. The number of hydrogen-bond acceptors (Lipinski definition) is 3. The summed E-state index contributed by atoms with van der Waals surface area (Å²) in [4.78, 5) is 18.1. The number of hydrogen-bond donors (Lipinski definition) is 1. The van der Waals surface area contributed by atoms with Crippen LogP contribution in [0, 0.1) is 5.41 Å². The van der Waals surface area contributed by atoms with Crippen LogP contribution in [0.15, 0.2) is 101 Å². The zero-order chi connectivity index (χ0) is 23.0. The molecule has 0 atom stereocenters. The van der Waals surface area contributed by atoms with Gasteiger partial charge in [0.2, 0.25) is 0 Å². The topological polar surface area (TPSA) is 49.7 Å². The first-order chi connectivity index (χ1) is 15.9. The summed E-state index contributed by atoms with van der Waals surface area (Å²) in [5.41, 5.74) is 2.65. The van der Waals surface area contributed by atoms with E-state index in [1.54, 1.807) is 0 Å². The molecule has 0 bridgehead atoms. The lowest BCUT2D eigenvalue weighted by Crippen LogP contribution is -2.32. The van der Waals surface area contributed by atoms with Gasteiger partial charge in [0.1, 0.15) is 5.76 Å². The number of ketones is 1. The van der Waals surface area contributed by atoms with E-state index in [2.05, 4.69) is 44.2 Å². The summed E-state index contributed by atoms with van der Waals surface area (Å²) >= 11 is 0. The molecule has 0 aliphatic heterocycles. The highest BCUT2D eigenvalue weighted by molar-refractivity contribution is 6.25. The van der Waals surface area contributed by atoms with Crippen molar-refractivity contribution in [1.82, 2.24) is 0 Å². The molecule has 0 saturated heterocycles. The van der Waals surface area contributed by atoms with Crippen LogP contribution >= 0.6 is 0 Å². The molecule has 1 aliphatic carbocycles. The molecule has 0 aromatic heterocycles. The molecule has 4 aromatic carbocycles. The highest BCUT2D eigenvalue weighted by Crippen LogP contribution is 2.37. The van der Waals surface area contributed by atoms with E-state index in [0.717, 1.165) is 32.8 Å². The number of carbonyl (C=O) groups is 1. The lowest BCUT2D eigenvalue weighted by molar-refractivity contribution is -0.117. The van der Waals surface area contributed by atoms with E-state index < -0.39 is 0 Å². The molecular weight excluding hydrogens is 406 g/mol. The zero-order valence-corrected chi connectivity index (χ0v) is 19.0. The van der Waals surface area contributed by atoms with Gasteiger partial charge in [0, 0.05) is 12.8 Å². The second-order valence-electron chi connectivity index (χ2n) is 9.67. The smallest absolute Gasteiger partial charge is 0.168 e. The molecule has 5 rings (SSSR count). The SMILES string of the molecule is CC1(C)CC(=O)/C(=C(/O)Cc2cccc3ccccc23)C(=Nc2ccc3ccccc3c2)C1. The first-order valence-electron chi connectivity index (χ1n) is 11.4. The number of Topliss-reactive ketones (excluding diaryl/α,β-unsaturated/α-hetero) is 1. The third-order valence-electron chi connectivity index (χ3n) is 6.38. The van der Waals surface area contributed by atoms with Gasteiger partial charge >= 0.3 is 0 Å². The third kappa shape index (κ3) is 4.31. The van der Waals surface area contributed by atoms with E-state index in [4.69, 9.17) is 4.99 Å². The van der Waals surface area contributed by atoms with Crippen LogP contribution in [0.25, 0.3) is 21.5 Å². The summed E-state index contributed by atoms with van der Waals surface area (Å²) in [5.74, 6) is 0.0647. The van der Waals surface area contributed by atoms with Gasteiger partial charge in [-0.05, 0) is 51.1 Å². The summed E-state index contributed by atoms with van der Waals surface area (Å²) in [7, 11) is 0. The molecule has 0 spiro atoms. The number of fused-ring (bicyclic) bond motifs is 2. The standard InChI is InChI=1S/C30H27NO2/c1-30(2)18-26(31-24-15-14-20-8-3-4-10-22(20)16-24)29(28(33)19-30)27(32)17-23-12-7-11-21-9-5-6-13-25(21)23/h3-16,32H,17-19H2,1-2H3/b29-27+,31-26?. The van der Waals surface area contributed by atoms with Crippen molar-refractivity contribution >= 4 is 38.7 Å². The molecule has 1 fully saturated rings.